The third-order valence-electron chi connectivity index (χ3n) is 3.76. The Morgan fingerprint density at radius 1 is 1.20 bits per heavy atom. The minimum atomic E-state index is 0.239. The number of benzene rings is 1. The Morgan fingerprint density at radius 2 is 1.95 bits per heavy atom. The van der Waals surface area contributed by atoms with Crippen molar-refractivity contribution in [2.75, 3.05) is 13.1 Å². The second-order valence-electron chi connectivity index (χ2n) is 5.14. The molecule has 0 spiro atoms. The van der Waals surface area contributed by atoms with E-state index in [4.69, 9.17) is 4.52 Å². The monoisotopic (exact) mass is 270 g/mol. The van der Waals surface area contributed by atoms with Gasteiger partial charge in [0.1, 0.15) is 12.0 Å². The minimum absolute atomic E-state index is 0.239. The van der Waals surface area contributed by atoms with Crippen molar-refractivity contribution >= 4 is 5.91 Å². The van der Waals surface area contributed by atoms with Crippen LogP contribution in [0.4, 0.5) is 0 Å². The number of amides is 1. The van der Waals surface area contributed by atoms with Crippen LogP contribution in [-0.4, -0.2) is 29.1 Å². The lowest BCUT2D eigenvalue weighted by atomic mass is 10.0. The molecule has 0 unspecified atom stereocenters. The molecule has 0 aliphatic carbocycles. The third-order valence-corrected chi connectivity index (χ3v) is 3.76. The molecule has 0 atom stereocenters. The third kappa shape index (κ3) is 2.74. The summed E-state index contributed by atoms with van der Waals surface area (Å²) in [4.78, 5) is 14.0. The summed E-state index contributed by atoms with van der Waals surface area (Å²) < 4.78 is 5.08. The molecule has 2 heterocycles. The van der Waals surface area contributed by atoms with E-state index in [0.717, 1.165) is 42.8 Å². The van der Waals surface area contributed by atoms with Gasteiger partial charge in [0.2, 0.25) is 5.91 Å². The number of aromatic nitrogens is 1. The molecule has 4 nitrogen and oxygen atoms in total. The standard InChI is InChI=1S/C16H18N2O2/c19-15(18-10-4-5-11-18)9-8-14-12-20-17-16(14)13-6-2-1-3-7-13/h1-3,6-7,12H,4-5,8-11H2. The number of carbonyl (C=O) groups excluding carboxylic acids is 1. The maximum Gasteiger partial charge on any atom is 0.222 e. The molecule has 0 radical (unpaired) electrons. The van der Waals surface area contributed by atoms with Crippen LogP contribution < -0.4 is 0 Å². The van der Waals surface area contributed by atoms with E-state index in [1.54, 1.807) is 6.26 Å². The van der Waals surface area contributed by atoms with Crippen LogP contribution in [0, 0.1) is 0 Å². The van der Waals surface area contributed by atoms with Gasteiger partial charge in [-0.2, -0.15) is 0 Å². The number of likely N-dealkylation sites (tertiary alicyclic amines) is 1. The average Bonchev–Trinajstić information content (AvgIpc) is 3.17. The van der Waals surface area contributed by atoms with E-state index in [2.05, 4.69) is 5.16 Å². The molecular formula is C16H18N2O2. The van der Waals surface area contributed by atoms with Crippen LogP contribution >= 0.6 is 0 Å². The molecule has 1 aromatic carbocycles. The van der Waals surface area contributed by atoms with Crippen molar-refractivity contribution in [3.8, 4) is 11.3 Å². The lowest BCUT2D eigenvalue weighted by Crippen LogP contribution is -2.27. The van der Waals surface area contributed by atoms with Gasteiger partial charge in [-0.05, 0) is 19.3 Å². The van der Waals surface area contributed by atoms with Gasteiger partial charge in [0, 0.05) is 30.6 Å². The molecule has 20 heavy (non-hydrogen) atoms. The van der Waals surface area contributed by atoms with Crippen LogP contribution in [0.15, 0.2) is 41.1 Å². The molecule has 1 aromatic heterocycles. The summed E-state index contributed by atoms with van der Waals surface area (Å²) in [6.45, 7) is 1.82. The lowest BCUT2D eigenvalue weighted by Gasteiger charge is -2.14. The summed E-state index contributed by atoms with van der Waals surface area (Å²) in [5.41, 5.74) is 2.88. The van der Waals surface area contributed by atoms with Crippen molar-refractivity contribution in [1.82, 2.24) is 10.1 Å². The minimum Gasteiger partial charge on any atom is -0.364 e. The molecule has 3 rings (SSSR count). The summed E-state index contributed by atoms with van der Waals surface area (Å²) in [6, 6.07) is 9.93. The Labute approximate surface area is 118 Å². The largest absolute Gasteiger partial charge is 0.364 e. The summed E-state index contributed by atoms with van der Waals surface area (Å²) >= 11 is 0. The number of rotatable bonds is 4. The Kier molecular flexibility index (Phi) is 3.81. The van der Waals surface area contributed by atoms with Crippen molar-refractivity contribution in [3.63, 3.8) is 0 Å². The molecule has 1 saturated heterocycles. The molecule has 104 valence electrons. The van der Waals surface area contributed by atoms with Gasteiger partial charge in [-0.15, -0.1) is 0 Å². The van der Waals surface area contributed by atoms with Crippen molar-refractivity contribution < 1.29 is 9.32 Å². The van der Waals surface area contributed by atoms with E-state index in [0.29, 0.717) is 12.8 Å². The van der Waals surface area contributed by atoms with Crippen LogP contribution in [0.1, 0.15) is 24.8 Å². The van der Waals surface area contributed by atoms with Gasteiger partial charge in [-0.25, -0.2) is 0 Å². The van der Waals surface area contributed by atoms with Crippen LogP contribution in [0.3, 0.4) is 0 Å². The Hall–Kier alpha value is -2.10. The van der Waals surface area contributed by atoms with Gasteiger partial charge < -0.3 is 9.42 Å². The molecule has 2 aromatic rings. The number of nitrogens with zero attached hydrogens (tertiary/aromatic N) is 2. The normalized spacial score (nSPS) is 14.7. The predicted molar refractivity (Wildman–Crippen MR) is 76.1 cm³/mol. The first-order valence-electron chi connectivity index (χ1n) is 7.11. The van der Waals surface area contributed by atoms with Crippen molar-refractivity contribution in [1.29, 1.82) is 0 Å². The Bertz CT molecular complexity index is 571. The van der Waals surface area contributed by atoms with E-state index in [1.807, 2.05) is 35.2 Å². The quantitative estimate of drug-likeness (QED) is 0.858. The van der Waals surface area contributed by atoms with E-state index in [-0.39, 0.29) is 5.91 Å². The Morgan fingerprint density at radius 3 is 2.70 bits per heavy atom. The van der Waals surface area contributed by atoms with Crippen molar-refractivity contribution in [2.24, 2.45) is 0 Å². The first kappa shape index (κ1) is 12.9. The number of aryl methyl sites for hydroxylation is 1. The topological polar surface area (TPSA) is 46.3 Å². The lowest BCUT2D eigenvalue weighted by molar-refractivity contribution is -0.130. The van der Waals surface area contributed by atoms with E-state index >= 15 is 0 Å². The highest BCUT2D eigenvalue weighted by atomic mass is 16.5. The average molecular weight is 270 g/mol. The SMILES string of the molecule is O=C(CCc1conc1-c1ccccc1)N1CCCC1. The first-order valence-corrected chi connectivity index (χ1v) is 7.11. The molecule has 0 saturated carbocycles. The summed E-state index contributed by atoms with van der Waals surface area (Å²) in [7, 11) is 0. The Balaban J connectivity index is 1.66. The predicted octanol–water partition coefficient (Wildman–Crippen LogP) is 2.90. The van der Waals surface area contributed by atoms with Crippen LogP contribution in [-0.2, 0) is 11.2 Å². The van der Waals surface area contributed by atoms with Crippen LogP contribution in [0.2, 0.25) is 0 Å². The zero-order valence-corrected chi connectivity index (χ0v) is 11.4. The van der Waals surface area contributed by atoms with Gasteiger partial charge in [-0.3, -0.25) is 4.79 Å². The highest BCUT2D eigenvalue weighted by Gasteiger charge is 2.18. The van der Waals surface area contributed by atoms with Gasteiger partial charge in [0.15, 0.2) is 0 Å². The van der Waals surface area contributed by atoms with Gasteiger partial charge in [0.25, 0.3) is 0 Å². The van der Waals surface area contributed by atoms with E-state index in [1.165, 1.54) is 0 Å². The second kappa shape index (κ2) is 5.90. The highest BCUT2D eigenvalue weighted by Crippen LogP contribution is 2.23. The fourth-order valence-corrected chi connectivity index (χ4v) is 2.63. The maximum absolute atomic E-state index is 12.1. The van der Waals surface area contributed by atoms with Crippen LogP contribution in [0.25, 0.3) is 11.3 Å². The molecular weight excluding hydrogens is 252 g/mol. The number of hydrogen-bond acceptors (Lipinski definition) is 3. The van der Waals surface area contributed by atoms with E-state index < -0.39 is 0 Å². The van der Waals surface area contributed by atoms with Gasteiger partial charge in [-0.1, -0.05) is 35.5 Å². The van der Waals surface area contributed by atoms with E-state index in [9.17, 15) is 4.79 Å². The zero-order valence-electron chi connectivity index (χ0n) is 11.4. The molecule has 1 aliphatic heterocycles. The fraction of sp³-hybridized carbons (Fsp3) is 0.375. The highest BCUT2D eigenvalue weighted by molar-refractivity contribution is 5.77. The molecule has 1 amide bonds. The molecule has 1 fully saturated rings. The molecule has 0 bridgehead atoms. The van der Waals surface area contributed by atoms with Crippen LogP contribution in [0.5, 0.6) is 0 Å². The zero-order chi connectivity index (χ0) is 13.8. The smallest absolute Gasteiger partial charge is 0.222 e. The maximum atomic E-state index is 12.1. The summed E-state index contributed by atoms with van der Waals surface area (Å²) in [5, 5.41) is 4.06. The number of hydrogen-bond donors (Lipinski definition) is 0. The number of carbonyl (C=O) groups is 1. The molecule has 0 N–H and O–H groups in total. The molecule has 1 aliphatic rings. The van der Waals surface area contributed by atoms with Crippen molar-refractivity contribution in [2.45, 2.75) is 25.7 Å². The molecule has 4 heteroatoms. The van der Waals surface area contributed by atoms with Gasteiger partial charge in [0.05, 0.1) is 0 Å². The summed E-state index contributed by atoms with van der Waals surface area (Å²) in [5.74, 6) is 0.239. The van der Waals surface area contributed by atoms with Crippen molar-refractivity contribution in [3.05, 3.63) is 42.2 Å². The van der Waals surface area contributed by atoms with Gasteiger partial charge >= 0.3 is 0 Å². The second-order valence-corrected chi connectivity index (χ2v) is 5.14. The first-order chi connectivity index (χ1) is 9.84. The fourth-order valence-electron chi connectivity index (χ4n) is 2.63. The summed E-state index contributed by atoms with van der Waals surface area (Å²) in [6.07, 6.45) is 5.13.